The second kappa shape index (κ2) is 7.09. The Bertz CT molecular complexity index is 594. The molecule has 2 aromatic rings. The SMILES string of the molecule is Cc1cccc(/C=N\NC(=O)COc2ccccc2)c1. The Morgan fingerprint density at radius 3 is 2.75 bits per heavy atom. The number of benzene rings is 2. The molecule has 0 atom stereocenters. The third-order valence-electron chi connectivity index (χ3n) is 2.56. The van der Waals surface area contributed by atoms with Crippen molar-refractivity contribution in [3.63, 3.8) is 0 Å². The van der Waals surface area contributed by atoms with E-state index in [4.69, 9.17) is 4.74 Å². The van der Waals surface area contributed by atoms with Crippen molar-refractivity contribution in [3.05, 3.63) is 65.7 Å². The van der Waals surface area contributed by atoms with Gasteiger partial charge in [0.1, 0.15) is 5.75 Å². The molecule has 0 saturated carbocycles. The number of nitrogens with one attached hydrogen (secondary N) is 1. The van der Waals surface area contributed by atoms with Crippen LogP contribution in [-0.2, 0) is 4.79 Å². The van der Waals surface area contributed by atoms with Crippen LogP contribution in [0.2, 0.25) is 0 Å². The molecule has 0 bridgehead atoms. The third kappa shape index (κ3) is 4.57. The van der Waals surface area contributed by atoms with Crippen LogP contribution in [0.25, 0.3) is 0 Å². The molecule has 0 aliphatic heterocycles. The van der Waals surface area contributed by atoms with E-state index in [0.717, 1.165) is 11.1 Å². The number of hydrogen-bond acceptors (Lipinski definition) is 3. The lowest BCUT2D eigenvalue weighted by atomic mass is 10.2. The van der Waals surface area contributed by atoms with Crippen molar-refractivity contribution >= 4 is 12.1 Å². The maximum absolute atomic E-state index is 11.5. The van der Waals surface area contributed by atoms with Crippen molar-refractivity contribution in [1.82, 2.24) is 5.43 Å². The van der Waals surface area contributed by atoms with Gasteiger partial charge >= 0.3 is 0 Å². The summed E-state index contributed by atoms with van der Waals surface area (Å²) < 4.78 is 5.30. The van der Waals surface area contributed by atoms with Crippen LogP contribution in [0.3, 0.4) is 0 Å². The maximum Gasteiger partial charge on any atom is 0.277 e. The molecule has 2 rings (SSSR count). The first-order valence-electron chi connectivity index (χ1n) is 6.30. The molecule has 0 fully saturated rings. The van der Waals surface area contributed by atoms with Crippen molar-refractivity contribution in [2.75, 3.05) is 6.61 Å². The van der Waals surface area contributed by atoms with Gasteiger partial charge in [0.2, 0.25) is 0 Å². The van der Waals surface area contributed by atoms with E-state index in [-0.39, 0.29) is 12.5 Å². The first kappa shape index (κ1) is 13.8. The Balaban J connectivity index is 1.78. The number of aryl methyl sites for hydroxylation is 1. The highest BCUT2D eigenvalue weighted by Crippen LogP contribution is 2.07. The van der Waals surface area contributed by atoms with Gasteiger partial charge in [0.25, 0.3) is 5.91 Å². The molecular formula is C16H16N2O2. The second-order valence-electron chi connectivity index (χ2n) is 4.31. The summed E-state index contributed by atoms with van der Waals surface area (Å²) in [6.45, 7) is 1.94. The minimum atomic E-state index is -0.294. The second-order valence-corrected chi connectivity index (χ2v) is 4.31. The summed E-state index contributed by atoms with van der Waals surface area (Å²) in [6, 6.07) is 17.0. The normalized spacial score (nSPS) is 10.4. The molecule has 1 amide bonds. The Morgan fingerprint density at radius 1 is 1.20 bits per heavy atom. The van der Waals surface area contributed by atoms with Crippen molar-refractivity contribution in [1.29, 1.82) is 0 Å². The van der Waals surface area contributed by atoms with Crippen LogP contribution in [0, 0.1) is 6.92 Å². The predicted molar refractivity (Wildman–Crippen MR) is 78.9 cm³/mol. The molecule has 0 unspecified atom stereocenters. The summed E-state index contributed by atoms with van der Waals surface area (Å²) in [7, 11) is 0. The molecule has 2 aromatic carbocycles. The van der Waals surface area contributed by atoms with Gasteiger partial charge in [-0.15, -0.1) is 0 Å². The zero-order valence-electron chi connectivity index (χ0n) is 11.2. The zero-order chi connectivity index (χ0) is 14.2. The monoisotopic (exact) mass is 268 g/mol. The summed E-state index contributed by atoms with van der Waals surface area (Å²) in [6.07, 6.45) is 1.60. The Morgan fingerprint density at radius 2 is 2.00 bits per heavy atom. The number of carbonyl (C=O) groups is 1. The molecule has 0 aromatic heterocycles. The first-order chi connectivity index (χ1) is 9.74. The van der Waals surface area contributed by atoms with Gasteiger partial charge in [-0.25, -0.2) is 5.43 Å². The lowest BCUT2D eigenvalue weighted by Gasteiger charge is -2.04. The molecule has 4 nitrogen and oxygen atoms in total. The Labute approximate surface area is 118 Å². The fourth-order valence-corrected chi connectivity index (χ4v) is 1.63. The number of nitrogens with zero attached hydrogens (tertiary/aromatic N) is 1. The van der Waals surface area contributed by atoms with Crippen LogP contribution in [0.15, 0.2) is 59.7 Å². The van der Waals surface area contributed by atoms with Gasteiger partial charge < -0.3 is 4.74 Å². The minimum absolute atomic E-state index is 0.0603. The van der Waals surface area contributed by atoms with E-state index in [9.17, 15) is 4.79 Å². The molecule has 0 saturated heterocycles. The van der Waals surface area contributed by atoms with E-state index < -0.39 is 0 Å². The summed E-state index contributed by atoms with van der Waals surface area (Å²) in [5.74, 6) is 0.364. The van der Waals surface area contributed by atoms with Crippen LogP contribution in [0.1, 0.15) is 11.1 Å². The standard InChI is InChI=1S/C16H16N2O2/c1-13-6-5-7-14(10-13)11-17-18-16(19)12-20-15-8-3-2-4-9-15/h2-11H,12H2,1H3,(H,18,19)/b17-11-. The first-order valence-corrected chi connectivity index (χ1v) is 6.30. The quantitative estimate of drug-likeness (QED) is 0.669. The number of rotatable bonds is 5. The van der Waals surface area contributed by atoms with Crippen LogP contribution >= 0.6 is 0 Å². The molecule has 0 spiro atoms. The highest BCUT2D eigenvalue weighted by atomic mass is 16.5. The summed E-state index contributed by atoms with van der Waals surface area (Å²) in [4.78, 5) is 11.5. The Kier molecular flexibility index (Phi) is 4.89. The number of carbonyl (C=O) groups excluding carboxylic acids is 1. The van der Waals surface area contributed by atoms with Crippen molar-refractivity contribution in [2.24, 2.45) is 5.10 Å². The minimum Gasteiger partial charge on any atom is -0.484 e. The lowest BCUT2D eigenvalue weighted by molar-refractivity contribution is -0.123. The summed E-state index contributed by atoms with van der Waals surface area (Å²) in [5.41, 5.74) is 4.51. The van der Waals surface area contributed by atoms with Gasteiger partial charge in [-0.05, 0) is 24.6 Å². The van der Waals surface area contributed by atoms with Crippen LogP contribution < -0.4 is 10.2 Å². The van der Waals surface area contributed by atoms with E-state index in [1.807, 2.05) is 49.4 Å². The summed E-state index contributed by atoms with van der Waals surface area (Å²) >= 11 is 0. The van der Waals surface area contributed by atoms with Crippen molar-refractivity contribution in [3.8, 4) is 5.75 Å². The Hall–Kier alpha value is -2.62. The highest BCUT2D eigenvalue weighted by Gasteiger charge is 2.00. The fourth-order valence-electron chi connectivity index (χ4n) is 1.63. The van der Waals surface area contributed by atoms with Gasteiger partial charge in [-0.3, -0.25) is 4.79 Å². The molecule has 1 N–H and O–H groups in total. The zero-order valence-corrected chi connectivity index (χ0v) is 11.2. The van der Waals surface area contributed by atoms with Crippen LogP contribution in [-0.4, -0.2) is 18.7 Å². The molecule has 0 heterocycles. The van der Waals surface area contributed by atoms with E-state index in [1.54, 1.807) is 18.3 Å². The number of para-hydroxylation sites is 1. The van der Waals surface area contributed by atoms with Crippen molar-refractivity contribution < 1.29 is 9.53 Å². The van der Waals surface area contributed by atoms with Gasteiger partial charge in [0.05, 0.1) is 6.21 Å². The van der Waals surface area contributed by atoms with E-state index in [2.05, 4.69) is 10.5 Å². The average Bonchev–Trinajstić information content (AvgIpc) is 2.46. The molecule has 4 heteroatoms. The number of hydrogen-bond donors (Lipinski definition) is 1. The molecule has 102 valence electrons. The van der Waals surface area contributed by atoms with E-state index >= 15 is 0 Å². The molecule has 20 heavy (non-hydrogen) atoms. The smallest absolute Gasteiger partial charge is 0.277 e. The molecule has 0 aliphatic rings. The largest absolute Gasteiger partial charge is 0.484 e. The van der Waals surface area contributed by atoms with Gasteiger partial charge in [0, 0.05) is 0 Å². The summed E-state index contributed by atoms with van der Waals surface area (Å²) in [5, 5.41) is 3.89. The molecular weight excluding hydrogens is 252 g/mol. The van der Waals surface area contributed by atoms with Crippen LogP contribution in [0.5, 0.6) is 5.75 Å². The van der Waals surface area contributed by atoms with Gasteiger partial charge in [-0.1, -0.05) is 48.0 Å². The number of ether oxygens (including phenoxy) is 1. The van der Waals surface area contributed by atoms with Gasteiger partial charge in [0.15, 0.2) is 6.61 Å². The van der Waals surface area contributed by atoms with E-state index in [1.165, 1.54) is 0 Å². The topological polar surface area (TPSA) is 50.7 Å². The van der Waals surface area contributed by atoms with Crippen LogP contribution in [0.4, 0.5) is 0 Å². The maximum atomic E-state index is 11.5. The fraction of sp³-hybridized carbons (Fsp3) is 0.125. The molecule has 0 radical (unpaired) electrons. The van der Waals surface area contributed by atoms with Crippen molar-refractivity contribution in [2.45, 2.75) is 6.92 Å². The predicted octanol–water partition coefficient (Wildman–Crippen LogP) is 2.52. The lowest BCUT2D eigenvalue weighted by Crippen LogP contribution is -2.24. The van der Waals surface area contributed by atoms with E-state index in [0.29, 0.717) is 5.75 Å². The third-order valence-corrected chi connectivity index (χ3v) is 2.56. The number of amides is 1. The molecule has 0 aliphatic carbocycles. The number of hydrazone groups is 1. The average molecular weight is 268 g/mol. The highest BCUT2D eigenvalue weighted by molar-refractivity contribution is 5.83. The van der Waals surface area contributed by atoms with Gasteiger partial charge in [-0.2, -0.15) is 5.10 Å².